The molecule has 0 atom stereocenters. The van der Waals surface area contributed by atoms with Crippen LogP contribution >= 0.6 is 0 Å². The van der Waals surface area contributed by atoms with Gasteiger partial charge in [-0.3, -0.25) is 14.2 Å². The minimum absolute atomic E-state index is 0.0252. The first kappa shape index (κ1) is 30.3. The summed E-state index contributed by atoms with van der Waals surface area (Å²) in [7, 11) is 3.49. The summed E-state index contributed by atoms with van der Waals surface area (Å²) in [5.41, 5.74) is 1.90. The average Bonchev–Trinajstić information content (AvgIpc) is 3.32. The molecule has 196 valence electrons. The summed E-state index contributed by atoms with van der Waals surface area (Å²) >= 11 is 0. The highest BCUT2D eigenvalue weighted by atomic mass is 19.3. The van der Waals surface area contributed by atoms with Crippen LogP contribution in [0.25, 0.3) is 16.7 Å². The zero-order valence-electron chi connectivity index (χ0n) is 21.7. The Balaban J connectivity index is 0.00000154. The molecule has 3 rings (SSSR count). The van der Waals surface area contributed by atoms with E-state index < -0.39 is 18.3 Å². The summed E-state index contributed by atoms with van der Waals surface area (Å²) in [5.74, 6) is -3.45. The first-order valence-electron chi connectivity index (χ1n) is 11.9. The highest BCUT2D eigenvalue weighted by molar-refractivity contribution is 5.95. The Labute approximate surface area is 210 Å². The Bertz CT molecular complexity index is 1110. The second-order valence-corrected chi connectivity index (χ2v) is 7.40. The topological polar surface area (TPSA) is 105 Å². The minimum Gasteiger partial charge on any atom is -0.369 e. The van der Waals surface area contributed by atoms with Crippen molar-refractivity contribution < 1.29 is 18.4 Å². The van der Waals surface area contributed by atoms with Gasteiger partial charge < -0.3 is 10.2 Å². The van der Waals surface area contributed by atoms with Gasteiger partial charge in [-0.2, -0.15) is 4.99 Å². The van der Waals surface area contributed by atoms with E-state index in [2.05, 4.69) is 25.3 Å². The van der Waals surface area contributed by atoms with Crippen molar-refractivity contribution in [3.63, 3.8) is 0 Å². The lowest BCUT2D eigenvalue weighted by atomic mass is 10.0. The number of aliphatic imine (C=N–C) groups is 1. The Kier molecular flexibility index (Phi) is 12.8. The molecule has 0 aliphatic heterocycles. The number of amides is 2. The van der Waals surface area contributed by atoms with Gasteiger partial charge in [0.05, 0.1) is 24.4 Å². The fourth-order valence-electron chi connectivity index (χ4n) is 2.96. The molecule has 9 nitrogen and oxygen atoms in total. The van der Waals surface area contributed by atoms with Crippen LogP contribution in [-0.4, -0.2) is 69.6 Å². The fraction of sp³-hybridized carbons (Fsp3) is 0.440. The summed E-state index contributed by atoms with van der Waals surface area (Å²) in [5, 5.41) is 3.03. The molecule has 36 heavy (non-hydrogen) atoms. The first-order chi connectivity index (χ1) is 17.3. The van der Waals surface area contributed by atoms with E-state index in [9.17, 15) is 18.4 Å². The van der Waals surface area contributed by atoms with Crippen molar-refractivity contribution in [1.29, 1.82) is 0 Å². The molecule has 11 heteroatoms. The molecular weight excluding hydrogens is 468 g/mol. The third-order valence-electron chi connectivity index (χ3n) is 4.59. The highest BCUT2D eigenvalue weighted by Gasteiger charge is 2.27. The summed E-state index contributed by atoms with van der Waals surface area (Å²) in [6.07, 6.45) is 7.53. The van der Waals surface area contributed by atoms with Gasteiger partial charge in [0.15, 0.2) is 0 Å². The molecule has 0 aliphatic rings. The number of hydrogen-bond acceptors (Lipinski definition) is 5. The van der Waals surface area contributed by atoms with Gasteiger partial charge in [-0.05, 0) is 24.1 Å². The van der Waals surface area contributed by atoms with Crippen molar-refractivity contribution in [2.75, 3.05) is 20.6 Å². The molecular formula is C25H35F2N7O2. The third kappa shape index (κ3) is 9.12. The summed E-state index contributed by atoms with van der Waals surface area (Å²) in [6, 6.07) is 3.63. The molecule has 0 saturated heterocycles. The van der Waals surface area contributed by atoms with E-state index >= 15 is 0 Å². The van der Waals surface area contributed by atoms with E-state index in [4.69, 9.17) is 0 Å². The van der Waals surface area contributed by atoms with Crippen LogP contribution in [0.2, 0.25) is 0 Å². The van der Waals surface area contributed by atoms with Crippen LogP contribution in [0.4, 0.5) is 8.78 Å². The number of aryl methyl sites for hydroxylation is 1. The Morgan fingerprint density at radius 3 is 2.39 bits per heavy atom. The van der Waals surface area contributed by atoms with Crippen molar-refractivity contribution in [2.45, 2.75) is 52.9 Å². The summed E-state index contributed by atoms with van der Waals surface area (Å²) in [6.45, 7) is 7.94. The second-order valence-electron chi connectivity index (χ2n) is 7.40. The number of rotatable bonds is 10. The quantitative estimate of drug-likeness (QED) is 0.191. The van der Waals surface area contributed by atoms with Crippen LogP contribution in [0.3, 0.4) is 0 Å². The van der Waals surface area contributed by atoms with Crippen LogP contribution in [0.1, 0.15) is 56.7 Å². The van der Waals surface area contributed by atoms with Crippen molar-refractivity contribution in [1.82, 2.24) is 29.7 Å². The zero-order valence-corrected chi connectivity index (χ0v) is 21.7. The standard InChI is InChI=1S/C21H23F2N7O2.2C2H6/c1-29(2)13-28-20(32)18-25-11-17(12-26-18)30-8-4-16-9-15(10-27-19(16)30)3-5-21(22,23)6-7-24-14-31;2*1-2/h4,8-14H,3,5-7H2,1-2H3,(H,24,31);2*1-2H3. The number of carbonyl (C=O) groups excluding carboxylic acids is 2. The van der Waals surface area contributed by atoms with Gasteiger partial charge in [-0.15, -0.1) is 0 Å². The van der Waals surface area contributed by atoms with Crippen LogP contribution in [0.5, 0.6) is 0 Å². The molecule has 3 aromatic rings. The predicted octanol–water partition coefficient (Wildman–Crippen LogP) is 4.30. The number of halogens is 2. The molecule has 0 aromatic carbocycles. The summed E-state index contributed by atoms with van der Waals surface area (Å²) < 4.78 is 29.6. The second kappa shape index (κ2) is 15.3. The maximum atomic E-state index is 13.9. The maximum Gasteiger partial charge on any atom is 0.316 e. The van der Waals surface area contributed by atoms with E-state index in [-0.39, 0.29) is 25.2 Å². The van der Waals surface area contributed by atoms with Gasteiger partial charge in [0.1, 0.15) is 5.65 Å². The fourth-order valence-corrected chi connectivity index (χ4v) is 2.96. The van der Waals surface area contributed by atoms with E-state index in [1.807, 2.05) is 39.8 Å². The maximum absolute atomic E-state index is 13.9. The molecule has 0 aliphatic carbocycles. The number of fused-ring (bicyclic) bond motifs is 1. The molecule has 3 aromatic heterocycles. The minimum atomic E-state index is -2.87. The van der Waals surface area contributed by atoms with E-state index in [1.165, 1.54) is 18.7 Å². The zero-order chi connectivity index (χ0) is 27.1. The van der Waals surface area contributed by atoms with Gasteiger partial charge in [0.25, 0.3) is 0 Å². The normalized spacial score (nSPS) is 10.8. The molecule has 1 N–H and O–H groups in total. The van der Waals surface area contributed by atoms with Crippen molar-refractivity contribution >= 4 is 29.7 Å². The molecule has 0 fully saturated rings. The smallest absolute Gasteiger partial charge is 0.316 e. The number of hydrogen-bond donors (Lipinski definition) is 1. The SMILES string of the molecule is CC.CC.CN(C)C=NC(=O)c1ncc(-n2ccc3cc(CCC(F)(F)CCNC=O)cnc32)cn1. The number of nitrogens with zero attached hydrogens (tertiary/aromatic N) is 6. The van der Waals surface area contributed by atoms with Gasteiger partial charge in [0.2, 0.25) is 18.2 Å². The Morgan fingerprint density at radius 2 is 1.78 bits per heavy atom. The van der Waals surface area contributed by atoms with Crippen LogP contribution < -0.4 is 5.32 Å². The molecule has 0 bridgehead atoms. The molecule has 2 amide bonds. The number of pyridine rings is 1. The van der Waals surface area contributed by atoms with Crippen LogP contribution in [0.15, 0.2) is 41.9 Å². The number of nitrogens with one attached hydrogen (secondary N) is 1. The van der Waals surface area contributed by atoms with Gasteiger partial charge in [-0.1, -0.05) is 27.7 Å². The van der Waals surface area contributed by atoms with Gasteiger partial charge in [-0.25, -0.2) is 23.7 Å². The Morgan fingerprint density at radius 1 is 1.11 bits per heavy atom. The lowest BCUT2D eigenvalue weighted by molar-refractivity contribution is -0.109. The molecule has 0 saturated carbocycles. The summed E-state index contributed by atoms with van der Waals surface area (Å²) in [4.78, 5) is 40.1. The average molecular weight is 504 g/mol. The van der Waals surface area contributed by atoms with E-state index in [0.29, 0.717) is 23.3 Å². The lowest BCUT2D eigenvalue weighted by Gasteiger charge is -2.15. The highest BCUT2D eigenvalue weighted by Crippen LogP contribution is 2.26. The van der Waals surface area contributed by atoms with Gasteiger partial charge >= 0.3 is 5.91 Å². The van der Waals surface area contributed by atoms with Crippen LogP contribution in [0, 0.1) is 0 Å². The molecule has 3 heterocycles. The van der Waals surface area contributed by atoms with Crippen molar-refractivity contribution in [3.8, 4) is 5.69 Å². The molecule has 0 unspecified atom stereocenters. The van der Waals surface area contributed by atoms with Crippen molar-refractivity contribution in [3.05, 3.63) is 48.3 Å². The first-order valence-corrected chi connectivity index (χ1v) is 11.9. The predicted molar refractivity (Wildman–Crippen MR) is 138 cm³/mol. The van der Waals surface area contributed by atoms with Gasteiger partial charge in [0, 0.05) is 51.3 Å². The van der Waals surface area contributed by atoms with Crippen LogP contribution in [-0.2, 0) is 11.2 Å². The lowest BCUT2D eigenvalue weighted by Crippen LogP contribution is -2.24. The molecule has 0 spiro atoms. The van der Waals surface area contributed by atoms with Crippen molar-refractivity contribution in [2.24, 2.45) is 4.99 Å². The molecule has 0 radical (unpaired) electrons. The monoisotopic (exact) mass is 503 g/mol. The number of alkyl halides is 2. The Hall–Kier alpha value is -3.76. The third-order valence-corrected chi connectivity index (χ3v) is 4.59. The van der Waals surface area contributed by atoms with E-state index in [1.54, 1.807) is 36.0 Å². The van der Waals surface area contributed by atoms with E-state index in [0.717, 1.165) is 5.39 Å². The number of aromatic nitrogens is 4. The largest absolute Gasteiger partial charge is 0.369 e. The number of carbonyl (C=O) groups is 2.